The summed E-state index contributed by atoms with van der Waals surface area (Å²) in [4.78, 5) is 13.9. The Morgan fingerprint density at radius 3 is 1.40 bits per heavy atom. The molecule has 0 aliphatic carbocycles. The Morgan fingerprint density at radius 2 is 1.07 bits per heavy atom. The number of aromatic nitrogens is 2. The van der Waals surface area contributed by atoms with E-state index in [9.17, 15) is 39.9 Å². The van der Waals surface area contributed by atoms with Gasteiger partial charge in [-0.25, -0.2) is 8.78 Å². The summed E-state index contributed by atoms with van der Waals surface area (Å²) in [6.45, 7) is -0.294. The molecule has 4 rings (SSSR count). The molecule has 0 saturated heterocycles. The summed E-state index contributed by atoms with van der Waals surface area (Å²) in [7, 11) is 2.63. The minimum absolute atomic E-state index is 0.0354. The average Bonchev–Trinajstić information content (AvgIpc) is 3.44. The van der Waals surface area contributed by atoms with Crippen molar-refractivity contribution in [2.45, 2.75) is 25.8 Å². The van der Waals surface area contributed by atoms with Crippen molar-refractivity contribution in [1.29, 1.82) is 0 Å². The minimum atomic E-state index is -5.23. The molecule has 0 aliphatic rings. The lowest BCUT2D eigenvalue weighted by Crippen LogP contribution is -2.18. The zero-order valence-electron chi connectivity index (χ0n) is 20.8. The van der Waals surface area contributed by atoms with Crippen molar-refractivity contribution in [2.75, 3.05) is 27.4 Å². The van der Waals surface area contributed by atoms with Crippen molar-refractivity contribution in [3.05, 3.63) is 59.4 Å². The lowest BCUT2D eigenvalue weighted by atomic mass is 10.0. The van der Waals surface area contributed by atoms with Crippen LogP contribution in [0.5, 0.6) is 11.5 Å². The summed E-state index contributed by atoms with van der Waals surface area (Å²) >= 11 is 0. The summed E-state index contributed by atoms with van der Waals surface area (Å²) in [5, 5.41) is -1.18. The van der Waals surface area contributed by atoms with Gasteiger partial charge in [-0.1, -0.05) is 0 Å². The van der Waals surface area contributed by atoms with Crippen LogP contribution in [-0.2, 0) is 22.6 Å². The molecule has 0 amide bonds. The lowest BCUT2D eigenvalue weighted by Gasteiger charge is -2.13. The predicted molar refractivity (Wildman–Crippen MR) is 124 cm³/mol. The van der Waals surface area contributed by atoms with Gasteiger partial charge >= 0.3 is 12.7 Å². The number of halogens is 8. The molecule has 216 valence electrons. The van der Waals surface area contributed by atoms with E-state index in [2.05, 4.69) is 9.47 Å². The van der Waals surface area contributed by atoms with Crippen LogP contribution < -0.4 is 9.47 Å². The van der Waals surface area contributed by atoms with Gasteiger partial charge in [0.05, 0.1) is 46.1 Å². The van der Waals surface area contributed by atoms with E-state index < -0.39 is 74.6 Å². The average molecular weight is 580 g/mol. The predicted octanol–water partition coefficient (Wildman–Crippen LogP) is 6.20. The topological polar surface area (TPSA) is 63.9 Å². The minimum Gasteiger partial charge on any atom is -0.405 e. The van der Waals surface area contributed by atoms with Gasteiger partial charge < -0.3 is 28.1 Å². The fourth-order valence-electron chi connectivity index (χ4n) is 4.39. The van der Waals surface area contributed by atoms with Crippen molar-refractivity contribution >= 4 is 27.6 Å². The third-order valence-electron chi connectivity index (χ3n) is 5.88. The number of alkyl halides is 6. The number of ketones is 1. The summed E-state index contributed by atoms with van der Waals surface area (Å²) in [5.74, 6) is -5.00. The fraction of sp³-hybridized carbons (Fsp3) is 0.320. The second-order valence-corrected chi connectivity index (χ2v) is 8.42. The van der Waals surface area contributed by atoms with Crippen LogP contribution in [0.2, 0.25) is 0 Å². The largest absolute Gasteiger partial charge is 0.573 e. The number of hydrogen-bond acceptors (Lipinski definition) is 5. The van der Waals surface area contributed by atoms with Crippen molar-refractivity contribution in [3.8, 4) is 11.5 Å². The molecule has 2 aromatic carbocycles. The molecule has 0 atom stereocenters. The highest BCUT2D eigenvalue weighted by Crippen LogP contribution is 2.40. The molecule has 2 heterocycles. The van der Waals surface area contributed by atoms with Gasteiger partial charge in [0.2, 0.25) is 0 Å². The molecule has 0 N–H and O–H groups in total. The van der Waals surface area contributed by atoms with Crippen LogP contribution in [0, 0.1) is 11.6 Å². The maximum Gasteiger partial charge on any atom is 0.573 e. The van der Waals surface area contributed by atoms with Crippen molar-refractivity contribution in [2.24, 2.45) is 0 Å². The van der Waals surface area contributed by atoms with Crippen molar-refractivity contribution in [3.63, 3.8) is 0 Å². The first-order valence-corrected chi connectivity index (χ1v) is 11.4. The Labute approximate surface area is 220 Å². The molecule has 0 saturated carbocycles. The number of hydrogen-bond donors (Lipinski definition) is 0. The normalized spacial score (nSPS) is 12.4. The van der Waals surface area contributed by atoms with Gasteiger partial charge in [-0.05, 0) is 24.3 Å². The van der Waals surface area contributed by atoms with E-state index in [0.717, 1.165) is 21.5 Å². The van der Waals surface area contributed by atoms with Gasteiger partial charge in [0, 0.05) is 39.7 Å². The van der Waals surface area contributed by atoms with Crippen LogP contribution in [0.25, 0.3) is 21.8 Å². The van der Waals surface area contributed by atoms with Crippen LogP contribution in [-0.4, -0.2) is 55.1 Å². The number of carbonyl (C=O) groups excluding carboxylic acids is 1. The lowest BCUT2D eigenvalue weighted by molar-refractivity contribution is -0.275. The number of carbonyl (C=O) groups is 1. The fourth-order valence-corrected chi connectivity index (χ4v) is 4.39. The molecule has 0 fully saturated rings. The Morgan fingerprint density at radius 1 is 0.700 bits per heavy atom. The third-order valence-corrected chi connectivity index (χ3v) is 5.88. The third kappa shape index (κ3) is 5.84. The molecule has 40 heavy (non-hydrogen) atoms. The van der Waals surface area contributed by atoms with Gasteiger partial charge in [-0.15, -0.1) is 26.3 Å². The highest BCUT2D eigenvalue weighted by molar-refractivity contribution is 6.23. The molecular formula is C25H20F8N2O5. The number of fused-ring (bicyclic) bond motifs is 2. The Bertz CT molecular complexity index is 1440. The van der Waals surface area contributed by atoms with E-state index in [-0.39, 0.29) is 26.3 Å². The number of benzene rings is 2. The van der Waals surface area contributed by atoms with E-state index in [0.29, 0.717) is 24.3 Å². The second-order valence-electron chi connectivity index (χ2n) is 8.42. The molecule has 2 aromatic heterocycles. The van der Waals surface area contributed by atoms with Crippen LogP contribution >= 0.6 is 0 Å². The SMILES string of the molecule is COCCn1cc(C(=O)c2cn(CCOC)c3c(F)ccc(OC(F)(F)F)c23)c2c(OC(F)(F)F)ccc(F)c21. The van der Waals surface area contributed by atoms with Crippen LogP contribution in [0.4, 0.5) is 35.1 Å². The zero-order chi connectivity index (χ0) is 29.4. The Kier molecular flexibility index (Phi) is 7.99. The maximum atomic E-state index is 14.9. The smallest absolute Gasteiger partial charge is 0.405 e. The first kappa shape index (κ1) is 29.1. The van der Waals surface area contributed by atoms with Gasteiger partial charge in [0.25, 0.3) is 0 Å². The summed E-state index contributed by atoms with van der Waals surface area (Å²) in [6.07, 6.45) is -8.40. The van der Waals surface area contributed by atoms with Gasteiger partial charge in [-0.3, -0.25) is 4.79 Å². The monoisotopic (exact) mass is 580 g/mol. The molecular weight excluding hydrogens is 560 g/mol. The van der Waals surface area contributed by atoms with E-state index >= 15 is 0 Å². The summed E-state index contributed by atoms with van der Waals surface area (Å²) in [6, 6.07) is 2.76. The second kappa shape index (κ2) is 11.0. The van der Waals surface area contributed by atoms with Gasteiger partial charge in [-0.2, -0.15) is 0 Å². The maximum absolute atomic E-state index is 14.9. The summed E-state index contributed by atoms with van der Waals surface area (Å²) < 4.78 is 129. The number of rotatable bonds is 10. The van der Waals surface area contributed by atoms with E-state index in [1.165, 1.54) is 14.2 Å². The molecule has 0 unspecified atom stereocenters. The molecule has 15 heteroatoms. The Balaban J connectivity index is 2.03. The quantitative estimate of drug-likeness (QED) is 0.165. The van der Waals surface area contributed by atoms with Crippen LogP contribution in [0.3, 0.4) is 0 Å². The zero-order valence-corrected chi connectivity index (χ0v) is 20.8. The van der Waals surface area contributed by atoms with E-state index in [1.54, 1.807) is 0 Å². The highest BCUT2D eigenvalue weighted by atomic mass is 19.4. The Hall–Kier alpha value is -3.85. The molecule has 7 nitrogen and oxygen atoms in total. The first-order valence-electron chi connectivity index (χ1n) is 11.4. The van der Waals surface area contributed by atoms with Crippen LogP contribution in [0.1, 0.15) is 15.9 Å². The molecule has 0 aliphatic heterocycles. The molecule has 0 spiro atoms. The van der Waals surface area contributed by atoms with E-state index in [4.69, 9.17) is 9.47 Å². The van der Waals surface area contributed by atoms with Crippen molar-refractivity contribution < 1.29 is 58.9 Å². The number of ether oxygens (including phenoxy) is 4. The molecule has 0 radical (unpaired) electrons. The highest BCUT2D eigenvalue weighted by Gasteiger charge is 2.36. The number of methoxy groups -OCH3 is 2. The first-order chi connectivity index (χ1) is 18.8. The van der Waals surface area contributed by atoms with Crippen molar-refractivity contribution in [1.82, 2.24) is 9.13 Å². The standard InChI is InChI=1S/C25H20F8N2O5/c1-37-9-7-34-11-13(19-17(39-24(28,29)30)5-3-15(26)21(19)34)23(36)14-12-35(8-10-38-2)22-16(27)4-6-18(20(14)22)40-25(31,32)33/h3-6,11-12H,7-10H2,1-2H3. The van der Waals surface area contributed by atoms with Gasteiger partial charge in [0.1, 0.15) is 23.1 Å². The molecule has 0 bridgehead atoms. The van der Waals surface area contributed by atoms with E-state index in [1.807, 2.05) is 0 Å². The van der Waals surface area contributed by atoms with Gasteiger partial charge in [0.15, 0.2) is 5.78 Å². The van der Waals surface area contributed by atoms with Crippen LogP contribution in [0.15, 0.2) is 36.7 Å². The number of nitrogens with zero attached hydrogens (tertiary/aromatic N) is 2. The summed E-state index contributed by atoms with van der Waals surface area (Å²) in [5.41, 5.74) is -1.97. The molecule has 4 aromatic rings.